The molecule has 0 fully saturated rings. The van der Waals surface area contributed by atoms with Crippen LogP contribution < -0.4 is 30.7 Å². The van der Waals surface area contributed by atoms with E-state index in [0.29, 0.717) is 24.3 Å². The first-order valence-corrected chi connectivity index (χ1v) is 14.8. The lowest BCUT2D eigenvalue weighted by atomic mass is 9.83. The molecule has 2 unspecified atom stereocenters. The summed E-state index contributed by atoms with van der Waals surface area (Å²) >= 11 is 10.9. The third-order valence-electron chi connectivity index (χ3n) is 7.03. The number of carbonyl (C=O) groups is 2. The quantitative estimate of drug-likeness (QED) is 0.0966. The van der Waals surface area contributed by atoms with E-state index in [2.05, 4.69) is 62.8 Å². The van der Waals surface area contributed by atoms with Gasteiger partial charge in [0.1, 0.15) is 23.6 Å². The number of hydrogen-bond donors (Lipinski definition) is 4. The molecule has 0 aliphatic heterocycles. The minimum atomic E-state index is -0.649. The molecule has 4 N–H and O–H groups in total. The molecule has 2 aromatic carbocycles. The zero-order valence-electron chi connectivity index (χ0n) is 24.9. The van der Waals surface area contributed by atoms with E-state index >= 15 is 0 Å². The van der Waals surface area contributed by atoms with Gasteiger partial charge in [-0.3, -0.25) is 0 Å². The second-order valence-electron chi connectivity index (χ2n) is 11.5. The molecule has 0 heterocycles. The van der Waals surface area contributed by atoms with Gasteiger partial charge in [0.2, 0.25) is 0 Å². The lowest BCUT2D eigenvalue weighted by Crippen LogP contribution is -2.53. The van der Waals surface area contributed by atoms with Gasteiger partial charge in [0.25, 0.3) is 0 Å². The highest BCUT2D eigenvalue weighted by Gasteiger charge is 2.30. The van der Waals surface area contributed by atoms with Crippen LogP contribution in [0.4, 0.5) is 0 Å². The fourth-order valence-corrected chi connectivity index (χ4v) is 4.18. The third-order valence-corrected chi connectivity index (χ3v) is 7.55. The van der Waals surface area contributed by atoms with Gasteiger partial charge >= 0.3 is 11.9 Å². The molecule has 0 aliphatic rings. The number of hydrogen-bond acceptors (Lipinski definition) is 6. The van der Waals surface area contributed by atoms with E-state index in [0.717, 1.165) is 12.8 Å². The van der Waals surface area contributed by atoms with E-state index in [1.54, 1.807) is 24.3 Å². The summed E-state index contributed by atoms with van der Waals surface area (Å²) in [5.74, 6) is 0.125. The average Bonchev–Trinajstić information content (AvgIpc) is 2.93. The molecule has 2 rings (SSSR count). The van der Waals surface area contributed by atoms with Crippen LogP contribution in [-0.4, -0.2) is 40.9 Å². The molecular weight excluding hydrogens is 556 g/mol. The summed E-state index contributed by atoms with van der Waals surface area (Å²) in [6.45, 7) is 12.7. The Labute approximate surface area is 255 Å². The fraction of sp³-hybridized carbons (Fsp3) is 0.484. The van der Waals surface area contributed by atoms with Gasteiger partial charge in [-0.1, -0.05) is 90.8 Å². The largest absolute Gasteiger partial charge is 0.425 e. The molecule has 0 radical (unpaired) electrons. The van der Waals surface area contributed by atoms with Gasteiger partial charge in [-0.15, -0.1) is 0 Å². The maximum Gasteiger partial charge on any atom is 0.334 e. The van der Waals surface area contributed by atoms with Crippen LogP contribution in [-0.2, 0) is 9.59 Å². The minimum Gasteiger partial charge on any atom is -0.425 e. The normalized spacial score (nSPS) is 12.8. The summed E-state index contributed by atoms with van der Waals surface area (Å²) < 4.78 is 11.2. The van der Waals surface area contributed by atoms with Crippen molar-refractivity contribution in [1.29, 1.82) is 0 Å². The predicted octanol–water partition coefficient (Wildman–Crippen LogP) is 5.47. The molecular formula is C31H44N4O4S2. The number of esters is 2. The van der Waals surface area contributed by atoms with E-state index in [1.807, 2.05) is 36.4 Å². The Balaban J connectivity index is 1.95. The molecule has 0 aliphatic carbocycles. The molecule has 2 aromatic rings. The van der Waals surface area contributed by atoms with E-state index in [-0.39, 0.29) is 27.7 Å². The van der Waals surface area contributed by atoms with Gasteiger partial charge in [0, 0.05) is 0 Å². The zero-order chi connectivity index (χ0) is 30.5. The fourth-order valence-electron chi connectivity index (χ4n) is 3.76. The van der Waals surface area contributed by atoms with Crippen LogP contribution in [0, 0.1) is 10.8 Å². The predicted molar refractivity (Wildman–Crippen MR) is 172 cm³/mol. The van der Waals surface area contributed by atoms with Gasteiger partial charge in [-0.2, -0.15) is 0 Å². The highest BCUT2D eigenvalue weighted by molar-refractivity contribution is 7.80. The SMILES string of the molecule is CCC(C)(C)CC(NC(=S)NCNC(=S)NC(CC(C)(C)CC)C(=O)Oc1ccccc1)C(=O)Oc1ccccc1. The second kappa shape index (κ2) is 16.3. The van der Waals surface area contributed by atoms with E-state index in [9.17, 15) is 9.59 Å². The van der Waals surface area contributed by atoms with E-state index in [1.165, 1.54) is 0 Å². The van der Waals surface area contributed by atoms with Gasteiger partial charge in [0.15, 0.2) is 10.2 Å². The average molecular weight is 601 g/mol. The van der Waals surface area contributed by atoms with Crippen molar-refractivity contribution in [2.75, 3.05) is 6.67 Å². The molecule has 224 valence electrons. The summed E-state index contributed by atoms with van der Waals surface area (Å²) in [5, 5.41) is 12.8. The number of para-hydroxylation sites is 2. The molecule has 0 spiro atoms. The van der Waals surface area contributed by atoms with Gasteiger partial charge in [-0.25, -0.2) is 9.59 Å². The Morgan fingerprint density at radius 1 is 0.683 bits per heavy atom. The Kier molecular flexibility index (Phi) is 13.5. The molecule has 0 amide bonds. The number of rotatable bonds is 14. The summed E-state index contributed by atoms with van der Waals surface area (Å²) in [7, 11) is 0. The summed E-state index contributed by atoms with van der Waals surface area (Å²) in [6.07, 6.45) is 2.83. The smallest absolute Gasteiger partial charge is 0.334 e. The molecule has 10 heteroatoms. The summed E-state index contributed by atoms with van der Waals surface area (Å²) in [5.41, 5.74) is -0.218. The molecule has 0 bridgehead atoms. The van der Waals surface area contributed by atoms with Crippen molar-refractivity contribution in [3.8, 4) is 11.5 Å². The number of benzene rings is 2. The lowest BCUT2D eigenvalue weighted by molar-refractivity contribution is -0.138. The molecule has 0 saturated carbocycles. The lowest BCUT2D eigenvalue weighted by Gasteiger charge is -2.29. The maximum absolute atomic E-state index is 13.0. The Bertz CT molecular complexity index is 1050. The summed E-state index contributed by atoms with van der Waals surface area (Å²) in [6, 6.07) is 16.6. The topological polar surface area (TPSA) is 101 Å². The van der Waals surface area contributed by atoms with Crippen LogP contribution in [0.25, 0.3) is 0 Å². The van der Waals surface area contributed by atoms with Gasteiger partial charge < -0.3 is 30.7 Å². The number of carbonyl (C=O) groups excluding carboxylic acids is 2. The number of thiocarbonyl (C=S) groups is 2. The van der Waals surface area contributed by atoms with Crippen LogP contribution in [0.2, 0.25) is 0 Å². The first kappa shape index (κ1) is 34.0. The molecule has 2 atom stereocenters. The van der Waals surface area contributed by atoms with Crippen LogP contribution in [0.3, 0.4) is 0 Å². The first-order chi connectivity index (χ1) is 19.3. The Morgan fingerprint density at radius 2 is 1.02 bits per heavy atom. The van der Waals surface area contributed by atoms with Crippen LogP contribution in [0.5, 0.6) is 11.5 Å². The van der Waals surface area contributed by atoms with E-state index < -0.39 is 24.0 Å². The zero-order valence-corrected chi connectivity index (χ0v) is 26.5. The third kappa shape index (κ3) is 12.9. The van der Waals surface area contributed by atoms with Gasteiger partial charge in [0.05, 0.1) is 6.67 Å². The highest BCUT2D eigenvalue weighted by Crippen LogP contribution is 2.28. The molecule has 8 nitrogen and oxygen atoms in total. The van der Waals surface area contributed by atoms with Crippen molar-refractivity contribution in [3.63, 3.8) is 0 Å². The number of nitrogens with one attached hydrogen (secondary N) is 4. The van der Waals surface area contributed by atoms with Crippen molar-refractivity contribution in [2.24, 2.45) is 10.8 Å². The van der Waals surface area contributed by atoms with Crippen molar-refractivity contribution in [3.05, 3.63) is 60.7 Å². The standard InChI is InChI=1S/C31H44N4O4S2/c1-7-30(3,4)19-24(26(36)38-22-15-11-9-12-16-22)34-28(40)32-21-33-29(41)35-25(20-31(5,6)8-2)27(37)39-23-17-13-10-14-18-23/h9-18,24-25H,7-8,19-21H2,1-6H3,(H2,32,34,40)(H2,33,35,41). The molecule has 0 aromatic heterocycles. The Morgan fingerprint density at radius 3 is 1.34 bits per heavy atom. The molecule has 0 saturated heterocycles. The maximum atomic E-state index is 13.0. The Hall–Kier alpha value is -3.24. The van der Waals surface area contributed by atoms with Crippen molar-refractivity contribution in [2.45, 2.75) is 79.3 Å². The molecule has 41 heavy (non-hydrogen) atoms. The second-order valence-corrected chi connectivity index (χ2v) is 12.3. The monoisotopic (exact) mass is 600 g/mol. The first-order valence-electron chi connectivity index (χ1n) is 14.0. The van der Waals surface area contributed by atoms with E-state index in [4.69, 9.17) is 33.9 Å². The van der Waals surface area contributed by atoms with Crippen molar-refractivity contribution < 1.29 is 19.1 Å². The summed E-state index contributed by atoms with van der Waals surface area (Å²) in [4.78, 5) is 26.0. The van der Waals surface area contributed by atoms with Crippen molar-refractivity contribution in [1.82, 2.24) is 21.3 Å². The minimum absolute atomic E-state index is 0.109. The van der Waals surface area contributed by atoms with Crippen LogP contribution in [0.15, 0.2) is 60.7 Å². The van der Waals surface area contributed by atoms with Crippen LogP contribution >= 0.6 is 24.4 Å². The van der Waals surface area contributed by atoms with Crippen molar-refractivity contribution >= 4 is 46.6 Å². The van der Waals surface area contributed by atoms with Crippen LogP contribution in [0.1, 0.15) is 67.2 Å². The highest BCUT2D eigenvalue weighted by atomic mass is 32.1. The van der Waals surface area contributed by atoms with Gasteiger partial charge in [-0.05, 0) is 72.4 Å². The number of ether oxygens (including phenoxy) is 2.